The van der Waals surface area contributed by atoms with Gasteiger partial charge < -0.3 is 10.2 Å². The molecule has 2 aromatic carbocycles. The van der Waals surface area contributed by atoms with E-state index in [4.69, 9.17) is 23.2 Å². The van der Waals surface area contributed by atoms with Crippen LogP contribution in [-0.4, -0.2) is 29.3 Å². The Morgan fingerprint density at radius 2 is 1.72 bits per heavy atom. The van der Waals surface area contributed by atoms with Gasteiger partial charge in [0.15, 0.2) is 0 Å². The molecule has 1 N–H and O–H groups in total. The molecule has 2 amide bonds. The summed E-state index contributed by atoms with van der Waals surface area (Å²) in [5.41, 5.74) is 3.74. The Bertz CT molecular complexity index is 863. The van der Waals surface area contributed by atoms with Gasteiger partial charge in [-0.15, -0.1) is 0 Å². The number of nitrogens with one attached hydrogen (secondary N) is 1. The van der Waals surface area contributed by atoms with E-state index in [-0.39, 0.29) is 24.8 Å². The highest BCUT2D eigenvalue weighted by molar-refractivity contribution is 6.36. The molecule has 0 saturated carbocycles. The molecule has 0 bridgehead atoms. The number of amides is 2. The van der Waals surface area contributed by atoms with E-state index in [0.29, 0.717) is 28.6 Å². The van der Waals surface area contributed by atoms with E-state index in [9.17, 15) is 9.59 Å². The molecule has 156 valence electrons. The van der Waals surface area contributed by atoms with E-state index >= 15 is 0 Å². The fourth-order valence-corrected chi connectivity index (χ4v) is 3.84. The SMILES string of the molecule is CCNC(=O)[C@H](CC)N(Cc1c(Cl)cccc1Cl)C(=O)Cc1cc(C)ccc1C. The molecule has 0 aliphatic heterocycles. The lowest BCUT2D eigenvalue weighted by molar-refractivity contribution is -0.140. The maximum Gasteiger partial charge on any atom is 0.242 e. The highest BCUT2D eigenvalue weighted by Crippen LogP contribution is 2.27. The maximum absolute atomic E-state index is 13.4. The molecule has 0 heterocycles. The lowest BCUT2D eigenvalue weighted by Gasteiger charge is -2.31. The van der Waals surface area contributed by atoms with Gasteiger partial charge in [-0.2, -0.15) is 0 Å². The first-order chi connectivity index (χ1) is 13.8. The van der Waals surface area contributed by atoms with Crippen molar-refractivity contribution in [2.75, 3.05) is 6.54 Å². The Hall–Kier alpha value is -2.04. The highest BCUT2D eigenvalue weighted by Gasteiger charge is 2.29. The molecule has 29 heavy (non-hydrogen) atoms. The van der Waals surface area contributed by atoms with E-state index in [1.165, 1.54) is 0 Å². The predicted octanol–water partition coefficient (Wildman–Crippen LogP) is 5.10. The van der Waals surface area contributed by atoms with Crippen LogP contribution >= 0.6 is 23.2 Å². The summed E-state index contributed by atoms with van der Waals surface area (Å²) in [5.74, 6) is -0.305. The van der Waals surface area contributed by atoms with Crippen molar-refractivity contribution < 1.29 is 9.59 Å². The molecule has 2 rings (SSSR count). The number of carbonyl (C=O) groups excluding carboxylic acids is 2. The van der Waals surface area contributed by atoms with Gasteiger partial charge >= 0.3 is 0 Å². The smallest absolute Gasteiger partial charge is 0.242 e. The summed E-state index contributed by atoms with van der Waals surface area (Å²) in [7, 11) is 0. The van der Waals surface area contributed by atoms with Crippen LogP contribution in [0.25, 0.3) is 0 Å². The van der Waals surface area contributed by atoms with Gasteiger partial charge in [-0.25, -0.2) is 0 Å². The lowest BCUT2D eigenvalue weighted by Crippen LogP contribution is -2.49. The number of aryl methyl sites for hydroxylation is 2. The van der Waals surface area contributed by atoms with E-state index < -0.39 is 6.04 Å². The predicted molar refractivity (Wildman–Crippen MR) is 119 cm³/mol. The molecule has 0 aromatic heterocycles. The van der Waals surface area contributed by atoms with Crippen molar-refractivity contribution in [3.63, 3.8) is 0 Å². The Balaban J connectivity index is 2.40. The minimum absolute atomic E-state index is 0.132. The van der Waals surface area contributed by atoms with Gasteiger partial charge in [0.05, 0.1) is 6.42 Å². The van der Waals surface area contributed by atoms with Crippen LogP contribution < -0.4 is 5.32 Å². The minimum atomic E-state index is -0.597. The normalized spacial score (nSPS) is 11.8. The van der Waals surface area contributed by atoms with Crippen LogP contribution in [0.4, 0.5) is 0 Å². The second-order valence-corrected chi connectivity index (χ2v) is 7.96. The van der Waals surface area contributed by atoms with Crippen molar-refractivity contribution in [2.45, 2.75) is 53.1 Å². The quantitative estimate of drug-likeness (QED) is 0.628. The third-order valence-electron chi connectivity index (χ3n) is 4.97. The Morgan fingerprint density at radius 1 is 1.07 bits per heavy atom. The molecule has 6 heteroatoms. The fourth-order valence-electron chi connectivity index (χ4n) is 3.32. The first kappa shape index (κ1) is 23.2. The first-order valence-corrected chi connectivity index (χ1v) is 10.6. The van der Waals surface area contributed by atoms with Crippen LogP contribution in [0.3, 0.4) is 0 Å². The lowest BCUT2D eigenvalue weighted by atomic mass is 10.0. The van der Waals surface area contributed by atoms with Crippen LogP contribution in [0.5, 0.6) is 0 Å². The summed E-state index contributed by atoms with van der Waals surface area (Å²) in [6.07, 6.45) is 0.706. The number of benzene rings is 2. The van der Waals surface area contributed by atoms with Crippen LogP contribution in [-0.2, 0) is 22.6 Å². The molecule has 0 spiro atoms. The van der Waals surface area contributed by atoms with Gasteiger partial charge in [0.25, 0.3) is 0 Å². The zero-order valence-electron chi connectivity index (χ0n) is 17.4. The van der Waals surface area contributed by atoms with Crippen molar-refractivity contribution in [2.24, 2.45) is 0 Å². The number of nitrogens with zero attached hydrogens (tertiary/aromatic N) is 1. The number of halogens is 2. The van der Waals surface area contributed by atoms with E-state index in [1.807, 2.05) is 45.9 Å². The second-order valence-electron chi connectivity index (χ2n) is 7.15. The van der Waals surface area contributed by atoms with Crippen LogP contribution in [0.15, 0.2) is 36.4 Å². The van der Waals surface area contributed by atoms with Crippen molar-refractivity contribution >= 4 is 35.0 Å². The number of hydrogen-bond acceptors (Lipinski definition) is 2. The molecule has 4 nitrogen and oxygen atoms in total. The third kappa shape index (κ3) is 5.97. The average Bonchev–Trinajstić information content (AvgIpc) is 2.67. The van der Waals surface area contributed by atoms with Gasteiger partial charge in [0.1, 0.15) is 6.04 Å². The van der Waals surface area contributed by atoms with E-state index in [2.05, 4.69) is 5.32 Å². The summed E-state index contributed by atoms with van der Waals surface area (Å²) in [5, 5.41) is 3.79. The van der Waals surface area contributed by atoms with Crippen LogP contribution in [0.2, 0.25) is 10.0 Å². The molecule has 0 aliphatic rings. The van der Waals surface area contributed by atoms with Crippen molar-refractivity contribution in [1.29, 1.82) is 0 Å². The third-order valence-corrected chi connectivity index (χ3v) is 5.68. The second kappa shape index (κ2) is 10.7. The largest absolute Gasteiger partial charge is 0.355 e. The van der Waals surface area contributed by atoms with Crippen LogP contribution in [0.1, 0.15) is 42.5 Å². The van der Waals surface area contributed by atoms with Gasteiger partial charge in [-0.3, -0.25) is 9.59 Å². The Morgan fingerprint density at radius 3 is 2.31 bits per heavy atom. The monoisotopic (exact) mass is 434 g/mol. The zero-order chi connectivity index (χ0) is 21.6. The zero-order valence-corrected chi connectivity index (χ0v) is 18.9. The van der Waals surface area contributed by atoms with Crippen molar-refractivity contribution in [3.05, 3.63) is 68.7 Å². The average molecular weight is 435 g/mol. The van der Waals surface area contributed by atoms with Gasteiger partial charge in [-0.05, 0) is 50.5 Å². The fraction of sp³-hybridized carbons (Fsp3) is 0.391. The maximum atomic E-state index is 13.4. The number of likely N-dealkylation sites (N-methyl/N-ethyl adjacent to an activating group) is 1. The molecule has 2 aromatic rings. The van der Waals surface area contributed by atoms with Crippen LogP contribution in [0, 0.1) is 13.8 Å². The molecule has 0 aliphatic carbocycles. The number of rotatable bonds is 8. The minimum Gasteiger partial charge on any atom is -0.355 e. The van der Waals surface area contributed by atoms with Crippen molar-refractivity contribution in [3.8, 4) is 0 Å². The molecule has 0 saturated heterocycles. The molecule has 0 fully saturated rings. The first-order valence-electron chi connectivity index (χ1n) is 9.84. The Labute approximate surface area is 183 Å². The summed E-state index contributed by atoms with van der Waals surface area (Å²) in [6, 6.07) is 10.7. The van der Waals surface area contributed by atoms with E-state index in [0.717, 1.165) is 16.7 Å². The number of hydrogen-bond donors (Lipinski definition) is 1. The number of carbonyl (C=O) groups is 2. The molecule has 0 radical (unpaired) electrons. The van der Waals surface area contributed by atoms with Gasteiger partial charge in [-0.1, -0.05) is 60.0 Å². The molecule has 1 atom stereocenters. The Kier molecular flexibility index (Phi) is 8.54. The van der Waals surface area contributed by atoms with E-state index in [1.54, 1.807) is 23.1 Å². The molecule has 0 unspecified atom stereocenters. The van der Waals surface area contributed by atoms with Crippen molar-refractivity contribution in [1.82, 2.24) is 10.2 Å². The summed E-state index contributed by atoms with van der Waals surface area (Å²) < 4.78 is 0. The topological polar surface area (TPSA) is 49.4 Å². The standard InChI is InChI=1S/C23H28Cl2N2O2/c1-5-21(23(29)26-6-2)27(14-18-19(24)8-7-9-20(18)25)22(28)13-17-12-15(3)10-11-16(17)4/h7-12,21H,5-6,13-14H2,1-4H3,(H,26,29)/t21-/m0/s1. The van der Waals surface area contributed by atoms with Gasteiger partial charge in [0, 0.05) is 28.7 Å². The summed E-state index contributed by atoms with van der Waals surface area (Å²) in [4.78, 5) is 27.7. The molecular weight excluding hydrogens is 407 g/mol. The summed E-state index contributed by atoms with van der Waals surface area (Å²) in [6.45, 7) is 8.42. The summed E-state index contributed by atoms with van der Waals surface area (Å²) >= 11 is 12.7. The molecular formula is C23H28Cl2N2O2. The highest BCUT2D eigenvalue weighted by atomic mass is 35.5. The van der Waals surface area contributed by atoms with Gasteiger partial charge in [0.2, 0.25) is 11.8 Å².